The Bertz CT molecular complexity index is 906. The van der Waals surface area contributed by atoms with Crippen LogP contribution >= 0.6 is 11.6 Å². The number of hydrogen-bond donors (Lipinski definition) is 0. The number of halogens is 4. The first-order chi connectivity index (χ1) is 11.4. The first-order valence-corrected chi connectivity index (χ1v) is 8.75. The Morgan fingerprint density at radius 1 is 1.04 bits per heavy atom. The molecule has 0 spiro atoms. The molecule has 9 heteroatoms. The van der Waals surface area contributed by atoms with E-state index in [2.05, 4.69) is 0 Å². The summed E-state index contributed by atoms with van der Waals surface area (Å²) in [5.74, 6) is -1.34. The van der Waals surface area contributed by atoms with Crippen LogP contribution in [0.2, 0.25) is 5.02 Å². The average molecular weight is 392 g/mol. The van der Waals surface area contributed by atoms with Crippen LogP contribution in [0.3, 0.4) is 0 Å². The second-order valence-electron chi connectivity index (χ2n) is 5.35. The number of sulfonamides is 1. The van der Waals surface area contributed by atoms with Gasteiger partial charge in [-0.25, -0.2) is 0 Å². The summed E-state index contributed by atoms with van der Waals surface area (Å²) in [5.41, 5.74) is -5.21. The first-order valence-electron chi connectivity index (χ1n) is 6.94. The van der Waals surface area contributed by atoms with E-state index in [1.807, 2.05) is 0 Å². The van der Waals surface area contributed by atoms with Crippen LogP contribution in [0.25, 0.3) is 0 Å². The van der Waals surface area contributed by atoms with E-state index in [9.17, 15) is 26.4 Å². The van der Waals surface area contributed by atoms with Gasteiger partial charge in [-0.2, -0.15) is 25.9 Å². The molecule has 1 amide bonds. The number of amides is 1. The van der Waals surface area contributed by atoms with Crippen molar-refractivity contribution < 1.29 is 26.4 Å². The third kappa shape index (κ3) is 3.80. The monoisotopic (exact) mass is 391 g/mol. The molecule has 0 aliphatic heterocycles. The molecule has 2 aromatic rings. The number of rotatable bonds is 3. The zero-order valence-corrected chi connectivity index (χ0v) is 14.7. The normalized spacial score (nSPS) is 12.1. The molecule has 25 heavy (non-hydrogen) atoms. The van der Waals surface area contributed by atoms with Crippen LogP contribution in [-0.4, -0.2) is 19.8 Å². The van der Waals surface area contributed by atoms with Gasteiger partial charge in [0.05, 0.1) is 10.7 Å². The van der Waals surface area contributed by atoms with Gasteiger partial charge in [0.15, 0.2) is 0 Å². The van der Waals surface area contributed by atoms with Crippen LogP contribution < -0.4 is 4.31 Å². The molecular formula is C16H13ClF3NO3S. The maximum absolute atomic E-state index is 13.1. The minimum atomic E-state index is -5.99. The number of hydrogen-bond acceptors (Lipinski definition) is 3. The fourth-order valence-corrected chi connectivity index (χ4v) is 3.50. The number of para-hydroxylation sites is 1. The lowest BCUT2D eigenvalue weighted by Crippen LogP contribution is -2.44. The summed E-state index contributed by atoms with van der Waals surface area (Å²) < 4.78 is 63.1. The standard InChI is InChI=1S/C16H13ClF3NO3S/c1-10-7-11(2)9-12(8-10)15(22)21(25(23,24)16(18,19)20)14-6-4-3-5-13(14)17/h3-9H,1-2H3. The zero-order chi connectivity index (χ0) is 19.0. The molecule has 0 aliphatic rings. The predicted octanol–water partition coefficient (Wildman–Crippen LogP) is 4.45. The van der Waals surface area contributed by atoms with Gasteiger partial charge in [-0.3, -0.25) is 4.79 Å². The van der Waals surface area contributed by atoms with Crippen molar-refractivity contribution in [2.75, 3.05) is 4.31 Å². The average Bonchev–Trinajstić information content (AvgIpc) is 2.47. The van der Waals surface area contributed by atoms with Crippen LogP contribution in [-0.2, 0) is 10.0 Å². The second kappa shape index (κ2) is 6.68. The fourth-order valence-electron chi connectivity index (χ4n) is 2.28. The molecule has 0 saturated carbocycles. The number of carbonyl (C=O) groups is 1. The van der Waals surface area contributed by atoms with E-state index >= 15 is 0 Å². The third-order valence-corrected chi connectivity index (χ3v) is 5.01. The summed E-state index contributed by atoms with van der Waals surface area (Å²) >= 11 is 5.84. The minimum Gasteiger partial charge on any atom is -0.268 e. The Kier molecular flexibility index (Phi) is 5.15. The molecule has 0 heterocycles. The molecule has 0 saturated heterocycles. The number of anilines is 1. The molecule has 0 bridgehead atoms. The van der Waals surface area contributed by atoms with Gasteiger partial charge in [0.25, 0.3) is 5.91 Å². The highest BCUT2D eigenvalue weighted by molar-refractivity contribution is 7.94. The molecule has 4 nitrogen and oxygen atoms in total. The van der Waals surface area contributed by atoms with Crippen molar-refractivity contribution in [1.29, 1.82) is 0 Å². The van der Waals surface area contributed by atoms with E-state index in [4.69, 9.17) is 11.6 Å². The minimum absolute atomic E-state index is 0.190. The first kappa shape index (κ1) is 19.3. The summed E-state index contributed by atoms with van der Waals surface area (Å²) in [4.78, 5) is 12.7. The van der Waals surface area contributed by atoms with Crippen LogP contribution in [0.15, 0.2) is 42.5 Å². The van der Waals surface area contributed by atoms with Crippen molar-refractivity contribution >= 4 is 33.2 Å². The van der Waals surface area contributed by atoms with Crippen LogP contribution in [0.1, 0.15) is 21.5 Å². The molecule has 0 aromatic heterocycles. The molecule has 0 radical (unpaired) electrons. The largest absolute Gasteiger partial charge is 0.517 e. The van der Waals surface area contributed by atoms with Gasteiger partial charge in [-0.05, 0) is 38.1 Å². The summed E-state index contributed by atoms with van der Waals surface area (Å²) in [6, 6.07) is 9.25. The number of alkyl halides is 3. The van der Waals surface area contributed by atoms with E-state index in [0.29, 0.717) is 11.1 Å². The SMILES string of the molecule is Cc1cc(C)cc(C(=O)N(c2ccccc2Cl)S(=O)(=O)C(F)(F)F)c1. The molecule has 2 aromatic carbocycles. The van der Waals surface area contributed by atoms with Crippen molar-refractivity contribution in [2.45, 2.75) is 19.4 Å². The maximum atomic E-state index is 13.1. The predicted molar refractivity (Wildman–Crippen MR) is 89.2 cm³/mol. The van der Waals surface area contributed by atoms with Crippen LogP contribution in [0, 0.1) is 13.8 Å². The lowest BCUT2D eigenvalue weighted by molar-refractivity contribution is -0.0437. The summed E-state index contributed by atoms with van der Waals surface area (Å²) in [7, 11) is -5.99. The Morgan fingerprint density at radius 2 is 1.56 bits per heavy atom. The molecule has 0 fully saturated rings. The lowest BCUT2D eigenvalue weighted by atomic mass is 10.1. The lowest BCUT2D eigenvalue weighted by Gasteiger charge is -2.24. The Balaban J connectivity index is 2.72. The van der Waals surface area contributed by atoms with Crippen LogP contribution in [0.5, 0.6) is 0 Å². The van der Waals surface area contributed by atoms with Crippen molar-refractivity contribution in [3.05, 3.63) is 64.2 Å². The molecule has 2 rings (SSSR count). The van der Waals surface area contributed by atoms with E-state index in [0.717, 1.165) is 6.07 Å². The second-order valence-corrected chi connectivity index (χ2v) is 7.53. The number of carbonyl (C=O) groups excluding carboxylic acids is 1. The van der Waals surface area contributed by atoms with Gasteiger partial charge in [-0.1, -0.05) is 40.9 Å². The molecule has 0 aliphatic carbocycles. The fraction of sp³-hybridized carbons (Fsp3) is 0.188. The van der Waals surface area contributed by atoms with Gasteiger partial charge < -0.3 is 0 Å². The van der Waals surface area contributed by atoms with Gasteiger partial charge in [-0.15, -0.1) is 0 Å². The maximum Gasteiger partial charge on any atom is 0.517 e. The van der Waals surface area contributed by atoms with Gasteiger partial charge in [0.1, 0.15) is 0 Å². The smallest absolute Gasteiger partial charge is 0.268 e. The van der Waals surface area contributed by atoms with Crippen LogP contribution in [0.4, 0.5) is 18.9 Å². The highest BCUT2D eigenvalue weighted by Crippen LogP contribution is 2.35. The van der Waals surface area contributed by atoms with Crippen molar-refractivity contribution in [2.24, 2.45) is 0 Å². The highest BCUT2D eigenvalue weighted by Gasteiger charge is 2.53. The molecule has 0 N–H and O–H groups in total. The van der Waals surface area contributed by atoms with Gasteiger partial charge in [0.2, 0.25) is 0 Å². The zero-order valence-electron chi connectivity index (χ0n) is 13.1. The number of nitrogens with zero attached hydrogens (tertiary/aromatic N) is 1. The molecule has 0 atom stereocenters. The summed E-state index contributed by atoms with van der Waals surface area (Å²) in [5, 5.41) is -0.298. The Labute approximate surface area is 147 Å². The number of aryl methyl sites for hydroxylation is 2. The quantitative estimate of drug-likeness (QED) is 0.776. The Hall–Kier alpha value is -2.06. The summed E-state index contributed by atoms with van der Waals surface area (Å²) in [6.07, 6.45) is 0. The molecular weight excluding hydrogens is 379 g/mol. The van der Waals surface area contributed by atoms with Gasteiger partial charge >= 0.3 is 15.5 Å². The van der Waals surface area contributed by atoms with Crippen molar-refractivity contribution in [1.82, 2.24) is 0 Å². The molecule has 0 unspecified atom stereocenters. The van der Waals surface area contributed by atoms with E-state index < -0.39 is 27.1 Å². The van der Waals surface area contributed by atoms with E-state index in [-0.39, 0.29) is 14.9 Å². The number of benzene rings is 2. The summed E-state index contributed by atoms with van der Waals surface area (Å²) in [6.45, 7) is 3.28. The van der Waals surface area contributed by atoms with E-state index in [1.165, 1.54) is 30.3 Å². The topological polar surface area (TPSA) is 54.5 Å². The highest BCUT2D eigenvalue weighted by atomic mass is 35.5. The van der Waals surface area contributed by atoms with Gasteiger partial charge in [0, 0.05) is 5.56 Å². The molecule has 134 valence electrons. The Morgan fingerprint density at radius 3 is 2.04 bits per heavy atom. The third-order valence-electron chi connectivity index (χ3n) is 3.26. The van der Waals surface area contributed by atoms with Crippen molar-refractivity contribution in [3.63, 3.8) is 0 Å². The van der Waals surface area contributed by atoms with Crippen molar-refractivity contribution in [3.8, 4) is 0 Å². The van der Waals surface area contributed by atoms with E-state index in [1.54, 1.807) is 19.9 Å².